The number of carbonyl (C=O) groups excluding carboxylic acids is 1. The summed E-state index contributed by atoms with van der Waals surface area (Å²) in [6.07, 6.45) is 3.05. The Balaban J connectivity index is 1.93. The molecule has 0 aliphatic rings. The highest BCUT2D eigenvalue weighted by Crippen LogP contribution is 2.24. The van der Waals surface area contributed by atoms with E-state index in [1.165, 1.54) is 37.4 Å². The summed E-state index contributed by atoms with van der Waals surface area (Å²) in [5.74, 6) is -1.03. The number of nitro groups is 1. The zero-order valence-electron chi connectivity index (χ0n) is 16.3. The Labute approximate surface area is 175 Å². The first kappa shape index (κ1) is 21.2. The van der Waals surface area contributed by atoms with Crippen LogP contribution in [0.2, 0.25) is 0 Å². The van der Waals surface area contributed by atoms with Crippen LogP contribution < -0.4 is 10.3 Å². The lowest BCUT2D eigenvalue weighted by molar-refractivity contribution is -0.384. The molecule has 0 fully saturated rings. The number of nitriles is 1. The Morgan fingerprint density at radius 1 is 1.32 bits per heavy atom. The van der Waals surface area contributed by atoms with E-state index in [1.54, 1.807) is 24.4 Å². The number of aromatic hydroxyl groups is 1. The number of non-ortho nitro benzene ring substituents is 1. The summed E-state index contributed by atoms with van der Waals surface area (Å²) >= 11 is 0. The molecule has 0 bridgehead atoms. The van der Waals surface area contributed by atoms with Gasteiger partial charge in [-0.05, 0) is 36.2 Å². The minimum absolute atomic E-state index is 0.0461. The molecule has 31 heavy (non-hydrogen) atoms. The van der Waals surface area contributed by atoms with Crippen LogP contribution >= 0.6 is 0 Å². The number of pyridine rings is 2. The average molecular weight is 420 g/mol. The van der Waals surface area contributed by atoms with E-state index in [9.17, 15) is 30.1 Å². The molecule has 0 radical (unpaired) electrons. The van der Waals surface area contributed by atoms with Gasteiger partial charge in [-0.2, -0.15) is 5.26 Å². The summed E-state index contributed by atoms with van der Waals surface area (Å²) in [7, 11) is 0. The third-order valence-corrected chi connectivity index (χ3v) is 4.56. The van der Waals surface area contributed by atoms with Crippen molar-refractivity contribution in [2.45, 2.75) is 13.5 Å². The Hall–Kier alpha value is -4.52. The second kappa shape index (κ2) is 8.87. The van der Waals surface area contributed by atoms with Crippen LogP contribution in [0.15, 0.2) is 53.6 Å². The van der Waals surface area contributed by atoms with Gasteiger partial charge in [-0.3, -0.25) is 29.3 Å². The van der Waals surface area contributed by atoms with Crippen molar-refractivity contribution in [2.24, 2.45) is 0 Å². The lowest BCUT2D eigenvalue weighted by Crippen LogP contribution is -2.28. The van der Waals surface area contributed by atoms with Gasteiger partial charge in [-0.15, -0.1) is 0 Å². The van der Waals surface area contributed by atoms with Gasteiger partial charge >= 0.3 is 0 Å². The number of ether oxygens (including phenoxy) is 1. The van der Waals surface area contributed by atoms with E-state index in [0.717, 1.165) is 4.57 Å². The summed E-state index contributed by atoms with van der Waals surface area (Å²) in [5, 5.41) is 30.8. The van der Waals surface area contributed by atoms with E-state index in [4.69, 9.17) is 4.74 Å². The molecule has 1 aromatic carbocycles. The molecule has 2 heterocycles. The molecule has 0 saturated heterocycles. The molecule has 0 atom stereocenters. The molecule has 0 unspecified atom stereocenters. The molecular formula is C21H16N4O6. The lowest BCUT2D eigenvalue weighted by Gasteiger charge is -2.15. The van der Waals surface area contributed by atoms with Crippen LogP contribution in [-0.4, -0.2) is 32.0 Å². The van der Waals surface area contributed by atoms with Crippen molar-refractivity contribution >= 4 is 11.5 Å². The van der Waals surface area contributed by atoms with Gasteiger partial charge in [0, 0.05) is 24.5 Å². The number of benzene rings is 1. The highest BCUT2D eigenvalue weighted by atomic mass is 16.6. The topological polar surface area (TPSA) is 148 Å². The number of rotatable bonds is 7. The molecule has 0 spiro atoms. The predicted octanol–water partition coefficient (Wildman–Crippen LogP) is 2.35. The first-order valence-corrected chi connectivity index (χ1v) is 8.99. The van der Waals surface area contributed by atoms with E-state index in [2.05, 4.69) is 4.98 Å². The maximum Gasteiger partial charge on any atom is 0.271 e. The number of nitrogens with zero attached hydrogens (tertiary/aromatic N) is 4. The van der Waals surface area contributed by atoms with Crippen LogP contribution in [-0.2, 0) is 6.54 Å². The summed E-state index contributed by atoms with van der Waals surface area (Å²) < 4.78 is 6.30. The fourth-order valence-electron chi connectivity index (χ4n) is 2.99. The van der Waals surface area contributed by atoms with Gasteiger partial charge in [-0.25, -0.2) is 0 Å². The van der Waals surface area contributed by atoms with Crippen molar-refractivity contribution in [3.05, 3.63) is 91.5 Å². The summed E-state index contributed by atoms with van der Waals surface area (Å²) in [6, 6.07) is 10.2. The molecule has 0 saturated carbocycles. The molecule has 0 aliphatic heterocycles. The van der Waals surface area contributed by atoms with E-state index in [1.807, 2.05) is 0 Å². The van der Waals surface area contributed by atoms with E-state index < -0.39 is 28.8 Å². The standard InChI is InChI=1S/C21H16N4O6/c1-13-17(9-22)20(27)24(11-14-3-2-8-23-10-14)21(28)19(13)18(26)12-31-16-6-4-15(5-7-16)25(29)30/h2-8,10,28H,11-12H2,1H3. The fraction of sp³-hybridized carbons (Fsp3) is 0.143. The Bertz CT molecular complexity index is 1240. The Kier molecular flexibility index (Phi) is 6.07. The van der Waals surface area contributed by atoms with Crippen LogP contribution in [0.5, 0.6) is 11.6 Å². The minimum Gasteiger partial charge on any atom is -0.494 e. The summed E-state index contributed by atoms with van der Waals surface area (Å²) in [5.41, 5.74) is -0.692. The molecule has 0 amide bonds. The van der Waals surface area contributed by atoms with Gasteiger partial charge in [0.2, 0.25) is 11.7 Å². The molecule has 0 aliphatic carbocycles. The van der Waals surface area contributed by atoms with Crippen molar-refractivity contribution < 1.29 is 19.6 Å². The zero-order valence-corrected chi connectivity index (χ0v) is 16.3. The third-order valence-electron chi connectivity index (χ3n) is 4.56. The normalized spacial score (nSPS) is 10.3. The number of nitro benzene ring substituents is 1. The SMILES string of the molecule is Cc1c(C(=O)COc2ccc([N+](=O)[O-])cc2)c(O)n(Cc2cccnc2)c(=O)c1C#N. The van der Waals surface area contributed by atoms with Crippen LogP contribution in [0.1, 0.15) is 27.0 Å². The number of carbonyl (C=O) groups is 1. The molecule has 3 rings (SSSR count). The fourth-order valence-corrected chi connectivity index (χ4v) is 2.99. The van der Waals surface area contributed by atoms with Crippen LogP contribution in [0.4, 0.5) is 5.69 Å². The van der Waals surface area contributed by atoms with Crippen LogP contribution in [0, 0.1) is 28.4 Å². The van der Waals surface area contributed by atoms with Crippen LogP contribution in [0.3, 0.4) is 0 Å². The Morgan fingerprint density at radius 3 is 2.61 bits per heavy atom. The number of Topliss-reactive ketones (excluding diaryl/α,β-unsaturated/α-hetero) is 1. The second-order valence-corrected chi connectivity index (χ2v) is 6.53. The first-order valence-electron chi connectivity index (χ1n) is 8.99. The van der Waals surface area contributed by atoms with Crippen molar-refractivity contribution in [1.82, 2.24) is 9.55 Å². The van der Waals surface area contributed by atoms with Gasteiger partial charge in [0.15, 0.2) is 6.61 Å². The van der Waals surface area contributed by atoms with Gasteiger partial charge in [0.1, 0.15) is 17.4 Å². The van der Waals surface area contributed by atoms with Gasteiger partial charge in [-0.1, -0.05) is 6.07 Å². The van der Waals surface area contributed by atoms with Crippen molar-refractivity contribution in [3.8, 4) is 17.7 Å². The summed E-state index contributed by atoms with van der Waals surface area (Å²) in [6.45, 7) is 0.798. The quantitative estimate of drug-likeness (QED) is 0.348. The third kappa shape index (κ3) is 4.40. The highest BCUT2D eigenvalue weighted by molar-refractivity contribution is 6.01. The molecule has 2 aromatic heterocycles. The zero-order chi connectivity index (χ0) is 22.5. The molecular weight excluding hydrogens is 404 g/mol. The maximum absolute atomic E-state index is 12.8. The monoisotopic (exact) mass is 420 g/mol. The number of ketones is 1. The van der Waals surface area contributed by atoms with E-state index in [-0.39, 0.29) is 34.7 Å². The molecule has 1 N–H and O–H groups in total. The number of hydrogen-bond acceptors (Lipinski definition) is 8. The van der Waals surface area contributed by atoms with Crippen molar-refractivity contribution in [2.75, 3.05) is 6.61 Å². The summed E-state index contributed by atoms with van der Waals surface area (Å²) in [4.78, 5) is 39.5. The maximum atomic E-state index is 12.8. The second-order valence-electron chi connectivity index (χ2n) is 6.53. The minimum atomic E-state index is -0.728. The van der Waals surface area contributed by atoms with E-state index >= 15 is 0 Å². The van der Waals surface area contributed by atoms with Gasteiger partial charge in [0.25, 0.3) is 11.2 Å². The number of aromatic nitrogens is 2. The van der Waals surface area contributed by atoms with Crippen molar-refractivity contribution in [1.29, 1.82) is 5.26 Å². The van der Waals surface area contributed by atoms with Gasteiger partial charge < -0.3 is 9.84 Å². The molecule has 3 aromatic rings. The number of hydrogen-bond donors (Lipinski definition) is 1. The van der Waals surface area contributed by atoms with Crippen LogP contribution in [0.25, 0.3) is 0 Å². The lowest BCUT2D eigenvalue weighted by atomic mass is 10.0. The molecule has 156 valence electrons. The molecule has 10 heteroatoms. The largest absolute Gasteiger partial charge is 0.494 e. The average Bonchev–Trinajstić information content (AvgIpc) is 2.76. The van der Waals surface area contributed by atoms with E-state index in [0.29, 0.717) is 5.56 Å². The molecule has 10 nitrogen and oxygen atoms in total. The smallest absolute Gasteiger partial charge is 0.271 e. The highest BCUT2D eigenvalue weighted by Gasteiger charge is 2.24. The predicted molar refractivity (Wildman–Crippen MR) is 108 cm³/mol. The first-order chi connectivity index (χ1) is 14.8. The Morgan fingerprint density at radius 2 is 2.03 bits per heavy atom. The van der Waals surface area contributed by atoms with Crippen molar-refractivity contribution in [3.63, 3.8) is 0 Å². The van der Waals surface area contributed by atoms with Gasteiger partial charge in [0.05, 0.1) is 17.0 Å².